The molecule has 5 nitrogen and oxygen atoms in total. The van der Waals surface area contributed by atoms with E-state index in [2.05, 4.69) is 5.32 Å². The number of halogens is 1. The fraction of sp³-hybridized carbons (Fsp3) is 0.467. The number of rotatable bonds is 1. The second kappa shape index (κ2) is 5.93. The van der Waals surface area contributed by atoms with E-state index in [9.17, 15) is 9.59 Å². The molecule has 0 saturated carbocycles. The number of carbonyl (C=O) groups is 2. The molecule has 3 amide bonds. The van der Waals surface area contributed by atoms with Gasteiger partial charge in [-0.1, -0.05) is 17.7 Å². The van der Waals surface area contributed by atoms with Gasteiger partial charge >= 0.3 is 6.03 Å². The molecule has 2 rings (SSSR count). The van der Waals surface area contributed by atoms with Gasteiger partial charge in [-0.2, -0.15) is 0 Å². The minimum Gasteiger partial charge on any atom is -0.335 e. The number of hydrogen-bond acceptors (Lipinski definition) is 2. The van der Waals surface area contributed by atoms with E-state index in [1.54, 1.807) is 29.2 Å². The highest BCUT2D eigenvalue weighted by Crippen LogP contribution is 2.19. The van der Waals surface area contributed by atoms with Gasteiger partial charge in [-0.25, -0.2) is 4.79 Å². The van der Waals surface area contributed by atoms with Gasteiger partial charge in [0, 0.05) is 29.3 Å². The van der Waals surface area contributed by atoms with E-state index in [-0.39, 0.29) is 24.0 Å². The van der Waals surface area contributed by atoms with Crippen molar-refractivity contribution in [2.75, 3.05) is 25.0 Å². The summed E-state index contributed by atoms with van der Waals surface area (Å²) in [5, 5.41) is 3.32. The van der Waals surface area contributed by atoms with Crippen LogP contribution in [-0.2, 0) is 4.79 Å². The van der Waals surface area contributed by atoms with Gasteiger partial charge in [-0.15, -0.1) is 0 Å². The van der Waals surface area contributed by atoms with Crippen LogP contribution >= 0.6 is 11.6 Å². The Balaban J connectivity index is 1.98. The zero-order valence-corrected chi connectivity index (χ0v) is 13.3. The van der Waals surface area contributed by atoms with Crippen LogP contribution in [0.15, 0.2) is 24.3 Å². The fourth-order valence-electron chi connectivity index (χ4n) is 2.32. The van der Waals surface area contributed by atoms with Crippen molar-refractivity contribution >= 4 is 29.2 Å². The summed E-state index contributed by atoms with van der Waals surface area (Å²) in [7, 11) is 0. The van der Waals surface area contributed by atoms with Crippen LogP contribution in [0.1, 0.15) is 20.8 Å². The summed E-state index contributed by atoms with van der Waals surface area (Å²) in [5.74, 6) is -0.0324. The molecule has 0 spiro atoms. The van der Waals surface area contributed by atoms with Crippen molar-refractivity contribution in [3.05, 3.63) is 29.3 Å². The monoisotopic (exact) mass is 309 g/mol. The number of benzene rings is 1. The maximum absolute atomic E-state index is 12.2. The van der Waals surface area contributed by atoms with Crippen LogP contribution in [0.2, 0.25) is 5.02 Å². The predicted octanol–water partition coefficient (Wildman–Crippen LogP) is 2.81. The summed E-state index contributed by atoms with van der Waals surface area (Å²) in [6.45, 7) is 7.15. The molecule has 114 valence electrons. The van der Waals surface area contributed by atoms with E-state index >= 15 is 0 Å². The molecule has 1 aliphatic rings. The van der Waals surface area contributed by atoms with Crippen molar-refractivity contribution in [1.82, 2.24) is 9.80 Å². The highest BCUT2D eigenvalue weighted by atomic mass is 35.5. The SMILES string of the molecule is CC(C)(C)N1CCN(C(=O)Nc2cccc(Cl)c2)CC1=O. The Morgan fingerprint density at radius 3 is 2.57 bits per heavy atom. The zero-order valence-electron chi connectivity index (χ0n) is 12.5. The molecule has 1 aromatic rings. The summed E-state index contributed by atoms with van der Waals surface area (Å²) < 4.78 is 0. The third-order valence-corrected chi connectivity index (χ3v) is 3.63. The van der Waals surface area contributed by atoms with E-state index in [1.807, 2.05) is 20.8 Å². The lowest BCUT2D eigenvalue weighted by Crippen LogP contribution is -2.58. The average Bonchev–Trinajstić information content (AvgIpc) is 2.37. The number of hydrogen-bond donors (Lipinski definition) is 1. The summed E-state index contributed by atoms with van der Waals surface area (Å²) >= 11 is 5.88. The minimum absolute atomic E-state index is 0.0324. The minimum atomic E-state index is -0.279. The van der Waals surface area contributed by atoms with Crippen molar-refractivity contribution in [2.45, 2.75) is 26.3 Å². The van der Waals surface area contributed by atoms with Crippen LogP contribution in [0.5, 0.6) is 0 Å². The van der Waals surface area contributed by atoms with Gasteiger partial charge in [0.15, 0.2) is 0 Å². The average molecular weight is 310 g/mol. The first kappa shape index (κ1) is 15.6. The van der Waals surface area contributed by atoms with Crippen molar-refractivity contribution in [1.29, 1.82) is 0 Å². The van der Waals surface area contributed by atoms with E-state index in [0.29, 0.717) is 23.8 Å². The molecule has 1 aromatic carbocycles. The van der Waals surface area contributed by atoms with Crippen LogP contribution in [0.3, 0.4) is 0 Å². The first-order valence-electron chi connectivity index (χ1n) is 6.89. The molecule has 6 heteroatoms. The third-order valence-electron chi connectivity index (χ3n) is 3.39. The summed E-state index contributed by atoms with van der Waals surface area (Å²) in [4.78, 5) is 27.6. The molecular weight excluding hydrogens is 290 g/mol. The number of carbonyl (C=O) groups excluding carboxylic acids is 2. The van der Waals surface area contributed by atoms with Crippen LogP contribution in [0.4, 0.5) is 10.5 Å². The summed E-state index contributed by atoms with van der Waals surface area (Å²) in [6, 6.07) is 6.66. The molecule has 1 N–H and O–H groups in total. The molecular formula is C15H20ClN3O2. The topological polar surface area (TPSA) is 52.6 Å². The second-order valence-corrected chi connectivity index (χ2v) is 6.51. The number of piperazine rings is 1. The van der Waals surface area contributed by atoms with Gasteiger partial charge in [0.1, 0.15) is 6.54 Å². The van der Waals surface area contributed by atoms with Gasteiger partial charge in [-0.3, -0.25) is 4.79 Å². The smallest absolute Gasteiger partial charge is 0.322 e. The molecule has 0 bridgehead atoms. The molecule has 0 atom stereocenters. The lowest BCUT2D eigenvalue weighted by atomic mass is 10.0. The first-order chi connectivity index (χ1) is 9.77. The molecule has 0 radical (unpaired) electrons. The number of anilines is 1. The highest BCUT2D eigenvalue weighted by molar-refractivity contribution is 6.30. The molecule has 0 aromatic heterocycles. The zero-order chi connectivity index (χ0) is 15.6. The van der Waals surface area contributed by atoms with Crippen molar-refractivity contribution in [2.24, 2.45) is 0 Å². The van der Waals surface area contributed by atoms with Gasteiger partial charge < -0.3 is 15.1 Å². The van der Waals surface area contributed by atoms with Crippen molar-refractivity contribution < 1.29 is 9.59 Å². The molecule has 1 heterocycles. The molecule has 0 unspecified atom stereocenters. The van der Waals surface area contributed by atoms with Crippen LogP contribution in [0.25, 0.3) is 0 Å². The Hall–Kier alpha value is -1.75. The standard InChI is InChI=1S/C15H20ClN3O2/c1-15(2,3)19-8-7-18(10-13(19)20)14(21)17-12-6-4-5-11(16)9-12/h4-6,9H,7-8,10H2,1-3H3,(H,17,21). The van der Waals surface area contributed by atoms with E-state index < -0.39 is 0 Å². The Bertz CT molecular complexity index is 554. The number of nitrogens with one attached hydrogen (secondary N) is 1. The van der Waals surface area contributed by atoms with Crippen LogP contribution in [-0.4, -0.2) is 46.9 Å². The Morgan fingerprint density at radius 2 is 2.00 bits per heavy atom. The van der Waals surface area contributed by atoms with Gasteiger partial charge in [-0.05, 0) is 39.0 Å². The van der Waals surface area contributed by atoms with Gasteiger partial charge in [0.2, 0.25) is 5.91 Å². The van der Waals surface area contributed by atoms with Crippen LogP contribution in [0, 0.1) is 0 Å². The molecule has 1 fully saturated rings. The number of urea groups is 1. The van der Waals surface area contributed by atoms with E-state index in [4.69, 9.17) is 11.6 Å². The van der Waals surface area contributed by atoms with Crippen LogP contribution < -0.4 is 5.32 Å². The lowest BCUT2D eigenvalue weighted by Gasteiger charge is -2.41. The van der Waals surface area contributed by atoms with Gasteiger partial charge in [0.25, 0.3) is 0 Å². The molecule has 1 aliphatic heterocycles. The first-order valence-corrected chi connectivity index (χ1v) is 7.27. The maximum Gasteiger partial charge on any atom is 0.322 e. The Morgan fingerprint density at radius 1 is 1.29 bits per heavy atom. The lowest BCUT2D eigenvalue weighted by molar-refractivity contribution is -0.140. The number of nitrogens with zero attached hydrogens (tertiary/aromatic N) is 2. The van der Waals surface area contributed by atoms with Gasteiger partial charge in [0.05, 0.1) is 0 Å². The third kappa shape index (κ3) is 3.88. The Kier molecular flexibility index (Phi) is 4.42. The fourth-order valence-corrected chi connectivity index (χ4v) is 2.52. The van der Waals surface area contributed by atoms with Crippen molar-refractivity contribution in [3.8, 4) is 0 Å². The summed E-state index contributed by atoms with van der Waals surface area (Å²) in [5.41, 5.74) is 0.408. The Labute approximate surface area is 129 Å². The normalized spacial score (nSPS) is 16.1. The number of amides is 3. The molecule has 21 heavy (non-hydrogen) atoms. The largest absolute Gasteiger partial charge is 0.335 e. The second-order valence-electron chi connectivity index (χ2n) is 6.08. The highest BCUT2D eigenvalue weighted by Gasteiger charge is 2.33. The predicted molar refractivity (Wildman–Crippen MR) is 83.5 cm³/mol. The maximum atomic E-state index is 12.2. The molecule has 0 aliphatic carbocycles. The summed E-state index contributed by atoms with van der Waals surface area (Å²) in [6.07, 6.45) is 0. The quantitative estimate of drug-likeness (QED) is 0.867. The van der Waals surface area contributed by atoms with Crippen molar-refractivity contribution in [3.63, 3.8) is 0 Å². The van der Waals surface area contributed by atoms with E-state index in [0.717, 1.165) is 0 Å². The molecule has 1 saturated heterocycles. The van der Waals surface area contributed by atoms with E-state index in [1.165, 1.54) is 4.90 Å².